The molecule has 1 amide bonds. The number of primary amides is 1. The van der Waals surface area contributed by atoms with Gasteiger partial charge in [-0.15, -0.1) is 0 Å². The first kappa shape index (κ1) is 16.3. The summed E-state index contributed by atoms with van der Waals surface area (Å²) in [5, 5.41) is 37.7. The first-order valence-corrected chi connectivity index (χ1v) is 6.31. The maximum absolute atomic E-state index is 11.6. The molecule has 0 saturated carbocycles. The second kappa shape index (κ2) is 6.60. The lowest BCUT2D eigenvalue weighted by molar-refractivity contribution is -0.120. The highest BCUT2D eigenvalue weighted by atomic mass is 16.5. The Balaban J connectivity index is 3.19. The van der Waals surface area contributed by atoms with E-state index >= 15 is 0 Å². The molecule has 8 nitrogen and oxygen atoms in total. The molecular weight excluding hydrogens is 266 g/mol. The van der Waals surface area contributed by atoms with Crippen molar-refractivity contribution in [1.82, 2.24) is 10.0 Å². The first-order valence-electron chi connectivity index (χ1n) is 6.31. The maximum Gasteiger partial charge on any atom is 0.225 e. The summed E-state index contributed by atoms with van der Waals surface area (Å²) >= 11 is 0. The van der Waals surface area contributed by atoms with Crippen LogP contribution in [-0.2, 0) is 11.3 Å². The second-order valence-electron chi connectivity index (χ2n) is 4.80. The largest absolute Gasteiger partial charge is 0.494 e. The van der Waals surface area contributed by atoms with Crippen molar-refractivity contribution >= 4 is 5.91 Å². The summed E-state index contributed by atoms with van der Waals surface area (Å²) in [6.07, 6.45) is -0.706. The van der Waals surface area contributed by atoms with Gasteiger partial charge in [0, 0.05) is 11.6 Å². The molecule has 8 heteroatoms. The highest BCUT2D eigenvalue weighted by Gasteiger charge is 2.30. The van der Waals surface area contributed by atoms with Crippen LogP contribution in [0.5, 0.6) is 11.8 Å². The third-order valence-electron chi connectivity index (χ3n) is 3.43. The van der Waals surface area contributed by atoms with Gasteiger partial charge in [0.2, 0.25) is 5.91 Å². The number of hydrogen-bond acceptors (Lipinski definition) is 6. The fraction of sp³-hybridized carbons (Fsp3) is 0.583. The Morgan fingerprint density at radius 3 is 2.55 bits per heavy atom. The highest BCUT2D eigenvalue weighted by molar-refractivity contribution is 5.83. The van der Waals surface area contributed by atoms with Crippen LogP contribution in [0.25, 0.3) is 0 Å². The second-order valence-corrected chi connectivity index (χ2v) is 4.80. The highest BCUT2D eigenvalue weighted by Crippen LogP contribution is 2.37. The lowest BCUT2D eigenvalue weighted by Gasteiger charge is -2.19. The average molecular weight is 287 g/mol. The van der Waals surface area contributed by atoms with Gasteiger partial charge in [-0.1, -0.05) is 20.3 Å². The van der Waals surface area contributed by atoms with Gasteiger partial charge >= 0.3 is 0 Å². The number of aliphatic hydroxyl groups excluding tert-OH is 1. The topological polar surface area (TPSA) is 141 Å². The van der Waals surface area contributed by atoms with Gasteiger partial charge in [-0.3, -0.25) is 9.36 Å². The number of aliphatic hydroxyl groups is 1. The zero-order valence-corrected chi connectivity index (χ0v) is 11.4. The van der Waals surface area contributed by atoms with Crippen molar-refractivity contribution in [3.8, 4) is 11.8 Å². The molecule has 0 unspecified atom stereocenters. The zero-order chi connectivity index (χ0) is 15.4. The summed E-state index contributed by atoms with van der Waals surface area (Å²) in [7, 11) is 0. The molecule has 1 heterocycles. The van der Waals surface area contributed by atoms with Crippen LogP contribution in [0.2, 0.25) is 0 Å². The fourth-order valence-electron chi connectivity index (χ4n) is 2.14. The Morgan fingerprint density at radius 2 is 2.10 bits per heavy atom. The van der Waals surface area contributed by atoms with Crippen LogP contribution in [0.15, 0.2) is 6.07 Å². The molecule has 7 N–H and O–H groups in total. The predicted octanol–water partition coefficient (Wildman–Crippen LogP) is -0.189. The number of hydroxylamine groups is 1. The van der Waals surface area contributed by atoms with Crippen LogP contribution in [-0.4, -0.2) is 37.2 Å². The van der Waals surface area contributed by atoms with Crippen molar-refractivity contribution in [2.45, 2.75) is 39.0 Å². The number of hydrogen-bond donors (Lipinski definition) is 6. The SMILES string of the molecule is CC[C@H](C)[C@H](C(N)=O)c1cc(O)n(C[C@H](O)NO)c1O. The van der Waals surface area contributed by atoms with Crippen molar-refractivity contribution < 1.29 is 25.3 Å². The molecule has 20 heavy (non-hydrogen) atoms. The van der Waals surface area contributed by atoms with E-state index in [1.165, 1.54) is 6.07 Å². The number of aromatic nitrogens is 1. The molecule has 0 radical (unpaired) electrons. The number of amides is 1. The van der Waals surface area contributed by atoms with Crippen LogP contribution < -0.4 is 11.2 Å². The Bertz CT molecular complexity index is 474. The summed E-state index contributed by atoms with van der Waals surface area (Å²) in [5.74, 6) is -2.16. The molecule has 0 spiro atoms. The van der Waals surface area contributed by atoms with E-state index in [1.807, 2.05) is 13.8 Å². The van der Waals surface area contributed by atoms with Crippen molar-refractivity contribution in [3.05, 3.63) is 11.6 Å². The van der Waals surface area contributed by atoms with Gasteiger partial charge in [0.05, 0.1) is 12.5 Å². The van der Waals surface area contributed by atoms with E-state index in [4.69, 9.17) is 10.9 Å². The van der Waals surface area contributed by atoms with Crippen molar-refractivity contribution in [2.75, 3.05) is 0 Å². The zero-order valence-electron chi connectivity index (χ0n) is 11.4. The van der Waals surface area contributed by atoms with Crippen LogP contribution in [0.3, 0.4) is 0 Å². The average Bonchev–Trinajstić information content (AvgIpc) is 2.66. The van der Waals surface area contributed by atoms with E-state index in [0.29, 0.717) is 6.42 Å². The van der Waals surface area contributed by atoms with Gasteiger partial charge in [-0.05, 0) is 5.92 Å². The minimum Gasteiger partial charge on any atom is -0.494 e. The van der Waals surface area contributed by atoms with Crippen molar-refractivity contribution in [1.29, 1.82) is 0 Å². The molecule has 0 bridgehead atoms. The standard InChI is InChI=1S/C12H21N3O5/c1-3-6(2)10(11(13)18)7-4-9(17)15(12(7)19)5-8(16)14-20/h4,6,8,10,14,16-17,19-20H,3,5H2,1-2H3,(H2,13,18)/t6-,8-,10-/m0/s1. The quantitative estimate of drug-likeness (QED) is 0.303. The Hall–Kier alpha value is -1.77. The minimum absolute atomic E-state index is 0.116. The first-order chi connectivity index (χ1) is 9.33. The summed E-state index contributed by atoms with van der Waals surface area (Å²) in [5.41, 5.74) is 7.15. The van der Waals surface area contributed by atoms with Crippen molar-refractivity contribution in [2.24, 2.45) is 11.7 Å². The molecule has 0 aromatic carbocycles. The number of nitrogens with one attached hydrogen (secondary N) is 1. The van der Waals surface area contributed by atoms with Gasteiger partial charge in [-0.2, -0.15) is 5.48 Å². The minimum atomic E-state index is -1.37. The molecule has 0 fully saturated rings. The molecular formula is C12H21N3O5. The number of rotatable bonds is 7. The van der Waals surface area contributed by atoms with Crippen molar-refractivity contribution in [3.63, 3.8) is 0 Å². The number of nitrogens with two attached hydrogens (primary N) is 1. The molecule has 1 aromatic heterocycles. The van der Waals surface area contributed by atoms with Gasteiger partial charge in [0.15, 0.2) is 11.8 Å². The van der Waals surface area contributed by atoms with E-state index in [1.54, 1.807) is 5.48 Å². The van der Waals surface area contributed by atoms with Gasteiger partial charge in [0.25, 0.3) is 0 Å². The smallest absolute Gasteiger partial charge is 0.225 e. The lowest BCUT2D eigenvalue weighted by Crippen LogP contribution is -2.30. The summed E-state index contributed by atoms with van der Waals surface area (Å²) in [6.45, 7) is 3.40. The predicted molar refractivity (Wildman–Crippen MR) is 70.1 cm³/mol. The number of nitrogens with zero attached hydrogens (tertiary/aromatic N) is 1. The molecule has 0 aliphatic carbocycles. The van der Waals surface area contributed by atoms with Crippen LogP contribution in [0, 0.1) is 5.92 Å². The lowest BCUT2D eigenvalue weighted by atomic mass is 9.86. The van der Waals surface area contributed by atoms with E-state index in [-0.39, 0.29) is 29.8 Å². The van der Waals surface area contributed by atoms with Crippen LogP contribution in [0.4, 0.5) is 0 Å². The Morgan fingerprint density at radius 1 is 1.50 bits per heavy atom. The normalized spacial score (nSPS) is 15.8. The third kappa shape index (κ3) is 3.21. The third-order valence-corrected chi connectivity index (χ3v) is 3.43. The van der Waals surface area contributed by atoms with Gasteiger partial charge in [0.1, 0.15) is 6.23 Å². The monoisotopic (exact) mass is 287 g/mol. The van der Waals surface area contributed by atoms with Crippen LogP contribution in [0.1, 0.15) is 31.7 Å². The van der Waals surface area contributed by atoms with E-state index in [2.05, 4.69) is 0 Å². The summed E-state index contributed by atoms with van der Waals surface area (Å²) in [4.78, 5) is 11.6. The van der Waals surface area contributed by atoms with E-state index < -0.39 is 18.1 Å². The number of carbonyl (C=O) groups is 1. The molecule has 0 aliphatic heterocycles. The number of carbonyl (C=O) groups excluding carboxylic acids is 1. The fourth-order valence-corrected chi connectivity index (χ4v) is 2.14. The van der Waals surface area contributed by atoms with Gasteiger partial charge in [-0.25, -0.2) is 0 Å². The summed E-state index contributed by atoms with van der Waals surface area (Å²) < 4.78 is 0.974. The van der Waals surface area contributed by atoms with Gasteiger partial charge < -0.3 is 26.3 Å². The molecule has 0 aliphatic rings. The maximum atomic E-state index is 11.6. The van der Waals surface area contributed by atoms with E-state index in [0.717, 1.165) is 4.57 Å². The Kier molecular flexibility index (Phi) is 5.37. The van der Waals surface area contributed by atoms with Crippen LogP contribution >= 0.6 is 0 Å². The molecule has 3 atom stereocenters. The summed E-state index contributed by atoms with van der Waals surface area (Å²) in [6, 6.07) is 1.24. The van der Waals surface area contributed by atoms with E-state index in [9.17, 15) is 20.1 Å². The molecule has 0 saturated heterocycles. The molecule has 1 rings (SSSR count). The Labute approximate surface area is 116 Å². The molecule has 114 valence electrons. The number of aromatic hydroxyl groups is 2. The molecule has 1 aromatic rings.